The summed E-state index contributed by atoms with van der Waals surface area (Å²) in [4.78, 5) is 12.2. The van der Waals surface area contributed by atoms with Gasteiger partial charge in [-0.25, -0.2) is 5.43 Å². The topological polar surface area (TPSA) is 80.2 Å². The zero-order chi connectivity index (χ0) is 23.2. The number of fused-ring (bicyclic) bond motifs is 1. The highest BCUT2D eigenvalue weighted by Crippen LogP contribution is 2.28. The average Bonchev–Trinajstić information content (AvgIpc) is 2.83. The summed E-state index contributed by atoms with van der Waals surface area (Å²) in [5.74, 6) is 0.449. The van der Waals surface area contributed by atoms with Gasteiger partial charge in [0.15, 0.2) is 0 Å². The molecular formula is C26H21BrN2O4. The predicted octanol–water partition coefficient (Wildman–Crippen LogP) is 5.66. The molecule has 0 atom stereocenters. The summed E-state index contributed by atoms with van der Waals surface area (Å²) >= 11 is 3.53. The summed E-state index contributed by atoms with van der Waals surface area (Å²) in [6, 6.07) is 24.3. The standard InChI is InChI=1S/C26H21BrN2O4/c1-32-20-10-11-22(24(30)14-20)26(31)29-28-15-17-9-12-25(23(27)13-17)33-16-19-7-4-6-18-5-2-3-8-21(18)19/h2-15,30H,16H2,1H3,(H,29,31)/b28-15-. The SMILES string of the molecule is COc1ccc(C(=O)N/N=C\c2ccc(OCc3cccc4ccccc34)c(Br)c2)c(O)c1. The minimum atomic E-state index is -0.527. The first-order valence-corrected chi connectivity index (χ1v) is 10.9. The summed E-state index contributed by atoms with van der Waals surface area (Å²) in [7, 11) is 1.48. The van der Waals surface area contributed by atoms with Gasteiger partial charge >= 0.3 is 0 Å². The number of aromatic hydroxyl groups is 1. The van der Waals surface area contributed by atoms with E-state index in [1.54, 1.807) is 6.07 Å². The van der Waals surface area contributed by atoms with Crippen molar-refractivity contribution in [1.82, 2.24) is 5.43 Å². The number of hydrogen-bond donors (Lipinski definition) is 2. The van der Waals surface area contributed by atoms with Gasteiger partial charge in [0.25, 0.3) is 5.91 Å². The third-order valence-electron chi connectivity index (χ3n) is 5.05. The van der Waals surface area contributed by atoms with E-state index in [1.165, 1.54) is 36.2 Å². The molecule has 0 aliphatic rings. The van der Waals surface area contributed by atoms with E-state index < -0.39 is 5.91 Å². The number of benzene rings is 4. The van der Waals surface area contributed by atoms with Crippen molar-refractivity contribution in [3.05, 3.63) is 100 Å². The smallest absolute Gasteiger partial charge is 0.275 e. The number of carbonyl (C=O) groups excluding carboxylic acids is 1. The quantitative estimate of drug-likeness (QED) is 0.251. The second-order valence-electron chi connectivity index (χ2n) is 7.20. The number of ether oxygens (including phenoxy) is 2. The third-order valence-corrected chi connectivity index (χ3v) is 5.67. The van der Waals surface area contributed by atoms with Crippen molar-refractivity contribution in [2.75, 3.05) is 7.11 Å². The van der Waals surface area contributed by atoms with E-state index in [2.05, 4.69) is 50.7 Å². The van der Waals surface area contributed by atoms with Crippen LogP contribution in [0.4, 0.5) is 0 Å². The van der Waals surface area contributed by atoms with Crippen molar-refractivity contribution >= 4 is 38.8 Å². The van der Waals surface area contributed by atoms with Gasteiger partial charge in [0.2, 0.25) is 0 Å². The molecule has 4 rings (SSSR count). The van der Waals surface area contributed by atoms with E-state index in [9.17, 15) is 9.90 Å². The van der Waals surface area contributed by atoms with Crippen LogP contribution in [0.5, 0.6) is 17.2 Å². The summed E-state index contributed by atoms with van der Waals surface area (Å²) < 4.78 is 11.8. The molecule has 0 aliphatic heterocycles. The highest BCUT2D eigenvalue weighted by Gasteiger charge is 2.11. The van der Waals surface area contributed by atoms with E-state index in [-0.39, 0.29) is 11.3 Å². The molecule has 0 unspecified atom stereocenters. The van der Waals surface area contributed by atoms with E-state index in [1.807, 2.05) is 36.4 Å². The van der Waals surface area contributed by atoms with E-state index in [0.29, 0.717) is 18.1 Å². The van der Waals surface area contributed by atoms with Crippen LogP contribution < -0.4 is 14.9 Å². The summed E-state index contributed by atoms with van der Waals surface area (Å²) in [5.41, 5.74) is 4.38. The van der Waals surface area contributed by atoms with Crippen LogP contribution in [-0.4, -0.2) is 24.3 Å². The number of phenolic OH excluding ortho intramolecular Hbond substituents is 1. The van der Waals surface area contributed by atoms with E-state index in [4.69, 9.17) is 9.47 Å². The molecule has 0 bridgehead atoms. The molecular weight excluding hydrogens is 484 g/mol. The molecule has 4 aromatic rings. The Bertz CT molecular complexity index is 1330. The van der Waals surface area contributed by atoms with E-state index in [0.717, 1.165) is 15.6 Å². The Morgan fingerprint density at radius 1 is 1.06 bits per heavy atom. The van der Waals surface area contributed by atoms with E-state index >= 15 is 0 Å². The third kappa shape index (κ3) is 5.32. The van der Waals surface area contributed by atoms with Crippen molar-refractivity contribution in [2.24, 2.45) is 5.10 Å². The molecule has 0 spiro atoms. The zero-order valence-electron chi connectivity index (χ0n) is 17.8. The number of rotatable bonds is 7. The van der Waals surface area contributed by atoms with Gasteiger partial charge in [0.1, 0.15) is 23.9 Å². The lowest BCUT2D eigenvalue weighted by Crippen LogP contribution is -2.17. The molecule has 6 nitrogen and oxygen atoms in total. The molecule has 0 heterocycles. The number of halogens is 1. The first-order valence-electron chi connectivity index (χ1n) is 10.1. The number of hydrazone groups is 1. The molecule has 0 fully saturated rings. The Morgan fingerprint density at radius 2 is 1.88 bits per heavy atom. The van der Waals surface area contributed by atoms with Crippen molar-refractivity contribution < 1.29 is 19.4 Å². The fourth-order valence-corrected chi connectivity index (χ4v) is 3.86. The lowest BCUT2D eigenvalue weighted by atomic mass is 10.1. The average molecular weight is 505 g/mol. The maximum Gasteiger partial charge on any atom is 0.275 e. The van der Waals surface area contributed by atoms with Gasteiger partial charge in [-0.05, 0) is 68.2 Å². The molecule has 2 N–H and O–H groups in total. The Hall–Kier alpha value is -3.84. The molecule has 4 aromatic carbocycles. The first-order chi connectivity index (χ1) is 16.0. The number of nitrogens with one attached hydrogen (secondary N) is 1. The minimum Gasteiger partial charge on any atom is -0.507 e. The van der Waals surface area contributed by atoms with Gasteiger partial charge in [-0.15, -0.1) is 0 Å². The van der Waals surface area contributed by atoms with Crippen LogP contribution in [0.25, 0.3) is 10.8 Å². The van der Waals surface area contributed by atoms with Crippen LogP contribution in [0.2, 0.25) is 0 Å². The lowest BCUT2D eigenvalue weighted by molar-refractivity contribution is 0.0952. The van der Waals surface area contributed by atoms with Crippen molar-refractivity contribution in [1.29, 1.82) is 0 Å². The molecule has 33 heavy (non-hydrogen) atoms. The van der Waals surface area contributed by atoms with Crippen molar-refractivity contribution in [3.8, 4) is 17.2 Å². The molecule has 0 aromatic heterocycles. The number of carbonyl (C=O) groups is 1. The highest BCUT2D eigenvalue weighted by atomic mass is 79.9. The van der Waals surface area contributed by atoms with Crippen molar-refractivity contribution in [2.45, 2.75) is 6.61 Å². The molecule has 1 amide bonds. The maximum atomic E-state index is 12.2. The number of phenols is 1. The van der Waals surface area contributed by atoms with Gasteiger partial charge < -0.3 is 14.6 Å². The Labute approximate surface area is 199 Å². The van der Waals surface area contributed by atoms with Crippen LogP contribution in [0.1, 0.15) is 21.5 Å². The van der Waals surface area contributed by atoms with Crippen LogP contribution in [-0.2, 0) is 6.61 Å². The van der Waals surface area contributed by atoms with Crippen LogP contribution in [0.3, 0.4) is 0 Å². The van der Waals surface area contributed by atoms with Gasteiger partial charge in [0, 0.05) is 6.07 Å². The van der Waals surface area contributed by atoms with Crippen LogP contribution >= 0.6 is 15.9 Å². The molecule has 0 aliphatic carbocycles. The Morgan fingerprint density at radius 3 is 2.67 bits per heavy atom. The number of hydrogen-bond acceptors (Lipinski definition) is 5. The van der Waals surface area contributed by atoms with Gasteiger partial charge in [-0.3, -0.25) is 4.79 Å². The van der Waals surface area contributed by atoms with Gasteiger partial charge in [-0.2, -0.15) is 5.10 Å². The molecule has 0 saturated carbocycles. The molecule has 0 saturated heterocycles. The summed E-state index contributed by atoms with van der Waals surface area (Å²) in [5, 5.41) is 16.3. The fraction of sp³-hybridized carbons (Fsp3) is 0.0769. The van der Waals surface area contributed by atoms with Crippen molar-refractivity contribution in [3.63, 3.8) is 0 Å². The summed E-state index contributed by atoms with van der Waals surface area (Å²) in [6.07, 6.45) is 1.51. The lowest BCUT2D eigenvalue weighted by Gasteiger charge is -2.11. The molecule has 0 radical (unpaired) electrons. The molecule has 166 valence electrons. The Kier molecular flexibility index (Phi) is 6.90. The summed E-state index contributed by atoms with van der Waals surface area (Å²) in [6.45, 7) is 0.439. The normalized spacial score (nSPS) is 11.0. The number of amides is 1. The van der Waals surface area contributed by atoms with Crippen LogP contribution in [0.15, 0.2) is 88.4 Å². The number of methoxy groups -OCH3 is 1. The minimum absolute atomic E-state index is 0.103. The van der Waals surface area contributed by atoms with Crippen LogP contribution in [0, 0.1) is 0 Å². The monoisotopic (exact) mass is 504 g/mol. The van der Waals surface area contributed by atoms with Gasteiger partial charge in [-0.1, -0.05) is 42.5 Å². The first kappa shape index (κ1) is 22.4. The maximum absolute atomic E-state index is 12.2. The number of nitrogens with zero attached hydrogens (tertiary/aromatic N) is 1. The predicted molar refractivity (Wildman–Crippen MR) is 132 cm³/mol. The second kappa shape index (κ2) is 10.2. The Balaban J connectivity index is 1.39. The second-order valence-corrected chi connectivity index (χ2v) is 8.05. The fourth-order valence-electron chi connectivity index (χ4n) is 3.34. The zero-order valence-corrected chi connectivity index (χ0v) is 19.4. The molecule has 7 heteroatoms. The largest absolute Gasteiger partial charge is 0.507 e. The van der Waals surface area contributed by atoms with Gasteiger partial charge in [0.05, 0.1) is 23.4 Å². The highest BCUT2D eigenvalue weighted by molar-refractivity contribution is 9.10.